The smallest absolute Gasteiger partial charge is 0.416 e. The van der Waals surface area contributed by atoms with Crippen LogP contribution in [0.4, 0.5) is 9.18 Å². The first-order valence-electron chi connectivity index (χ1n) is 8.44. The van der Waals surface area contributed by atoms with E-state index in [9.17, 15) is 19.1 Å². The molecule has 2 aromatic rings. The van der Waals surface area contributed by atoms with Crippen LogP contribution in [0.15, 0.2) is 54.6 Å². The van der Waals surface area contributed by atoms with E-state index >= 15 is 0 Å². The van der Waals surface area contributed by atoms with Gasteiger partial charge < -0.3 is 9.84 Å². The Morgan fingerprint density at radius 1 is 1.23 bits per heavy atom. The number of amides is 2. The lowest BCUT2D eigenvalue weighted by molar-refractivity contribution is -0.136. The molecule has 0 bridgehead atoms. The summed E-state index contributed by atoms with van der Waals surface area (Å²) in [6, 6.07) is 14.4. The van der Waals surface area contributed by atoms with Crippen molar-refractivity contribution in [2.75, 3.05) is 6.61 Å². The van der Waals surface area contributed by atoms with E-state index in [1.807, 2.05) is 30.3 Å². The number of carbonyl (C=O) groups is 2. The molecule has 2 aromatic carbocycles. The minimum absolute atomic E-state index is 0.124. The molecule has 1 aliphatic heterocycles. The van der Waals surface area contributed by atoms with Crippen molar-refractivity contribution in [1.82, 2.24) is 4.90 Å². The number of aliphatic hydroxyl groups excluding tert-OH is 1. The van der Waals surface area contributed by atoms with Crippen LogP contribution in [0.2, 0.25) is 0 Å². The molecule has 0 aromatic heterocycles. The van der Waals surface area contributed by atoms with Gasteiger partial charge in [0.15, 0.2) is 0 Å². The molecule has 1 saturated heterocycles. The van der Waals surface area contributed by atoms with E-state index < -0.39 is 35.9 Å². The van der Waals surface area contributed by atoms with Crippen LogP contribution in [0.3, 0.4) is 0 Å². The Hall–Kier alpha value is -2.73. The number of imide groups is 1. The molecule has 2 amide bonds. The van der Waals surface area contributed by atoms with Crippen molar-refractivity contribution in [3.05, 3.63) is 71.5 Å². The van der Waals surface area contributed by atoms with Crippen molar-refractivity contribution in [2.24, 2.45) is 5.92 Å². The first-order valence-corrected chi connectivity index (χ1v) is 8.44. The van der Waals surface area contributed by atoms with E-state index in [4.69, 9.17) is 4.74 Å². The first kappa shape index (κ1) is 18.1. The number of cyclic esters (lactones) is 1. The zero-order valence-corrected chi connectivity index (χ0v) is 14.3. The Bertz CT molecular complexity index is 778. The summed E-state index contributed by atoms with van der Waals surface area (Å²) in [5, 5.41) is 10.5. The number of benzene rings is 2. The Kier molecular flexibility index (Phi) is 5.32. The fraction of sp³-hybridized carbons (Fsp3) is 0.300. The number of rotatable bonds is 5. The molecule has 26 heavy (non-hydrogen) atoms. The molecule has 1 heterocycles. The second kappa shape index (κ2) is 7.66. The van der Waals surface area contributed by atoms with Gasteiger partial charge in [0.1, 0.15) is 12.4 Å². The van der Waals surface area contributed by atoms with Gasteiger partial charge in [0.25, 0.3) is 0 Å². The fourth-order valence-electron chi connectivity index (χ4n) is 3.07. The maximum absolute atomic E-state index is 13.0. The third kappa shape index (κ3) is 3.75. The first-order chi connectivity index (χ1) is 12.5. The van der Waals surface area contributed by atoms with E-state index in [0.717, 1.165) is 10.5 Å². The average Bonchev–Trinajstić information content (AvgIpc) is 3.01. The molecule has 136 valence electrons. The summed E-state index contributed by atoms with van der Waals surface area (Å²) in [5.74, 6) is -1.80. The SMILES string of the molecule is C[C@H](C(=O)N1C(=O)OC[C@H]1Cc1ccccc1)[C@@H](O)c1ccc(F)cc1. The highest BCUT2D eigenvalue weighted by Crippen LogP contribution is 2.27. The molecule has 0 spiro atoms. The van der Waals surface area contributed by atoms with Gasteiger partial charge in [0, 0.05) is 0 Å². The Morgan fingerprint density at radius 3 is 2.54 bits per heavy atom. The molecular formula is C20H20FNO4. The average molecular weight is 357 g/mol. The van der Waals surface area contributed by atoms with Crippen molar-refractivity contribution in [3.8, 4) is 0 Å². The quantitative estimate of drug-likeness (QED) is 0.893. The predicted molar refractivity (Wildman–Crippen MR) is 92.7 cm³/mol. The van der Waals surface area contributed by atoms with Crippen molar-refractivity contribution < 1.29 is 23.8 Å². The van der Waals surface area contributed by atoms with Crippen LogP contribution in [0.25, 0.3) is 0 Å². The lowest BCUT2D eigenvalue weighted by Crippen LogP contribution is -2.44. The molecule has 1 N–H and O–H groups in total. The summed E-state index contributed by atoms with van der Waals surface area (Å²) >= 11 is 0. The van der Waals surface area contributed by atoms with Crippen LogP contribution < -0.4 is 0 Å². The largest absolute Gasteiger partial charge is 0.447 e. The molecule has 6 heteroatoms. The molecule has 3 atom stereocenters. The molecule has 1 aliphatic rings. The number of nitrogens with zero attached hydrogens (tertiary/aromatic N) is 1. The lowest BCUT2D eigenvalue weighted by atomic mass is 9.95. The van der Waals surface area contributed by atoms with E-state index in [-0.39, 0.29) is 6.61 Å². The monoisotopic (exact) mass is 357 g/mol. The second-order valence-electron chi connectivity index (χ2n) is 6.41. The molecule has 0 radical (unpaired) electrons. The summed E-state index contributed by atoms with van der Waals surface area (Å²) in [4.78, 5) is 26.0. The normalized spacial score (nSPS) is 19.1. The predicted octanol–water partition coefficient (Wildman–Crippen LogP) is 3.09. The molecule has 1 fully saturated rings. The van der Waals surface area contributed by atoms with E-state index in [1.54, 1.807) is 6.92 Å². The maximum atomic E-state index is 13.0. The highest BCUT2D eigenvalue weighted by atomic mass is 19.1. The summed E-state index contributed by atoms with van der Waals surface area (Å²) < 4.78 is 18.1. The molecule has 0 saturated carbocycles. The number of hydrogen-bond acceptors (Lipinski definition) is 4. The van der Waals surface area contributed by atoms with Gasteiger partial charge in [0.05, 0.1) is 18.1 Å². The number of carbonyl (C=O) groups excluding carboxylic acids is 2. The second-order valence-corrected chi connectivity index (χ2v) is 6.41. The van der Waals surface area contributed by atoms with E-state index in [2.05, 4.69) is 0 Å². The molecule has 0 aliphatic carbocycles. The van der Waals surface area contributed by atoms with Crippen LogP contribution in [0, 0.1) is 11.7 Å². The van der Waals surface area contributed by atoms with Crippen molar-refractivity contribution in [3.63, 3.8) is 0 Å². The highest BCUT2D eigenvalue weighted by Gasteiger charge is 2.41. The van der Waals surface area contributed by atoms with Gasteiger partial charge in [-0.15, -0.1) is 0 Å². The Labute approximate surface area is 151 Å². The zero-order chi connectivity index (χ0) is 18.7. The fourth-order valence-corrected chi connectivity index (χ4v) is 3.07. The minimum Gasteiger partial charge on any atom is -0.447 e. The molecule has 3 rings (SSSR count). The van der Waals surface area contributed by atoms with Gasteiger partial charge in [0.2, 0.25) is 5.91 Å². The van der Waals surface area contributed by atoms with Gasteiger partial charge >= 0.3 is 6.09 Å². The van der Waals surface area contributed by atoms with Crippen molar-refractivity contribution in [1.29, 1.82) is 0 Å². The van der Waals surface area contributed by atoms with Crippen LogP contribution >= 0.6 is 0 Å². The van der Waals surface area contributed by atoms with Gasteiger partial charge in [-0.2, -0.15) is 0 Å². The van der Waals surface area contributed by atoms with Gasteiger partial charge in [-0.05, 0) is 29.7 Å². The third-order valence-electron chi connectivity index (χ3n) is 4.59. The maximum Gasteiger partial charge on any atom is 0.416 e. The van der Waals surface area contributed by atoms with Gasteiger partial charge in [-0.25, -0.2) is 14.1 Å². The topological polar surface area (TPSA) is 66.8 Å². The Morgan fingerprint density at radius 2 is 1.88 bits per heavy atom. The summed E-state index contributed by atoms with van der Waals surface area (Å²) in [6.07, 6.45) is -1.36. The number of aliphatic hydroxyl groups is 1. The third-order valence-corrected chi connectivity index (χ3v) is 4.59. The van der Waals surface area contributed by atoms with Crippen LogP contribution in [-0.4, -0.2) is 34.7 Å². The zero-order valence-electron chi connectivity index (χ0n) is 14.3. The van der Waals surface area contributed by atoms with Crippen LogP contribution in [0.5, 0.6) is 0 Å². The molecule has 5 nitrogen and oxygen atoms in total. The van der Waals surface area contributed by atoms with Crippen LogP contribution in [0.1, 0.15) is 24.2 Å². The standard InChI is InChI=1S/C20H20FNO4/c1-13(18(23)15-7-9-16(21)10-8-15)19(24)22-17(12-26-20(22)25)11-14-5-3-2-4-6-14/h2-10,13,17-18,23H,11-12H2,1H3/t13-,17+,18+/m0/s1. The number of halogens is 1. The molecule has 0 unspecified atom stereocenters. The highest BCUT2D eigenvalue weighted by molar-refractivity contribution is 5.95. The van der Waals surface area contributed by atoms with Gasteiger partial charge in [-0.1, -0.05) is 49.4 Å². The number of hydrogen-bond donors (Lipinski definition) is 1. The number of ether oxygens (including phenoxy) is 1. The van der Waals surface area contributed by atoms with E-state index in [1.165, 1.54) is 24.3 Å². The molecular weight excluding hydrogens is 337 g/mol. The van der Waals surface area contributed by atoms with Crippen LogP contribution in [-0.2, 0) is 16.0 Å². The lowest BCUT2D eigenvalue weighted by Gasteiger charge is -2.25. The van der Waals surface area contributed by atoms with E-state index in [0.29, 0.717) is 12.0 Å². The summed E-state index contributed by atoms with van der Waals surface area (Å²) in [6.45, 7) is 1.67. The minimum atomic E-state index is -1.14. The summed E-state index contributed by atoms with van der Waals surface area (Å²) in [5.41, 5.74) is 1.40. The van der Waals surface area contributed by atoms with Crippen molar-refractivity contribution in [2.45, 2.75) is 25.5 Å². The van der Waals surface area contributed by atoms with Gasteiger partial charge in [-0.3, -0.25) is 4.79 Å². The Balaban J connectivity index is 1.75. The summed E-state index contributed by atoms with van der Waals surface area (Å²) in [7, 11) is 0. The van der Waals surface area contributed by atoms with Crippen molar-refractivity contribution >= 4 is 12.0 Å².